The Morgan fingerprint density at radius 1 is 1.15 bits per heavy atom. The minimum absolute atomic E-state index is 0.212. The molecule has 2 N–H and O–H groups in total. The number of carbonyl (C=O) groups excluding carboxylic acids is 1. The van der Waals surface area contributed by atoms with E-state index in [0.717, 1.165) is 5.56 Å². The molecule has 0 radical (unpaired) electrons. The fourth-order valence-corrected chi connectivity index (χ4v) is 3.85. The van der Waals surface area contributed by atoms with Gasteiger partial charge < -0.3 is 15.2 Å². The Kier molecular flexibility index (Phi) is 5.38. The second-order valence-electron chi connectivity index (χ2n) is 7.85. The van der Waals surface area contributed by atoms with Crippen molar-refractivity contribution >= 4 is 17.4 Å². The monoisotopic (exact) mass is 455 g/mol. The zero-order valence-electron chi connectivity index (χ0n) is 18.3. The highest BCUT2D eigenvalue weighted by Gasteiger charge is 2.18. The van der Waals surface area contributed by atoms with Crippen LogP contribution in [0.4, 0.5) is 5.82 Å². The topological polar surface area (TPSA) is 125 Å². The summed E-state index contributed by atoms with van der Waals surface area (Å²) in [4.78, 5) is 31.7. The molecule has 5 aromatic rings. The largest absolute Gasteiger partial charge is 0.365 e. The van der Waals surface area contributed by atoms with E-state index in [1.807, 2.05) is 48.3 Å². The standard InChI is InChI=1S/C24H21N7O3/c1-29(15-16-6-3-2-4-7-16)21-13-18(27-23-19(22(25)32)14-26-31(21)23)12-17-8-5-10-30(24(17)33)20-9-11-34-28-20/h2-11,13-14H,12,15H2,1H3,(H2,25,32). The maximum atomic E-state index is 13.1. The third kappa shape index (κ3) is 3.92. The van der Waals surface area contributed by atoms with Gasteiger partial charge in [0, 0.05) is 43.9 Å². The number of amides is 1. The second kappa shape index (κ2) is 8.66. The summed E-state index contributed by atoms with van der Waals surface area (Å²) >= 11 is 0. The van der Waals surface area contributed by atoms with E-state index in [0.29, 0.717) is 35.1 Å². The molecule has 0 aliphatic carbocycles. The average Bonchev–Trinajstić information content (AvgIpc) is 3.51. The highest BCUT2D eigenvalue weighted by atomic mass is 16.5. The van der Waals surface area contributed by atoms with Gasteiger partial charge in [0.25, 0.3) is 11.5 Å². The van der Waals surface area contributed by atoms with Gasteiger partial charge in [0.1, 0.15) is 17.6 Å². The Bertz CT molecular complexity index is 1520. The molecular weight excluding hydrogens is 434 g/mol. The number of nitrogens with zero attached hydrogens (tertiary/aromatic N) is 6. The fourth-order valence-electron chi connectivity index (χ4n) is 3.85. The van der Waals surface area contributed by atoms with Crippen molar-refractivity contribution in [2.75, 3.05) is 11.9 Å². The van der Waals surface area contributed by atoms with Gasteiger partial charge in [0.15, 0.2) is 11.5 Å². The minimum atomic E-state index is -0.621. The molecule has 34 heavy (non-hydrogen) atoms. The molecule has 0 saturated heterocycles. The normalized spacial score (nSPS) is 11.1. The first-order valence-corrected chi connectivity index (χ1v) is 10.5. The number of hydrogen-bond acceptors (Lipinski definition) is 7. The van der Waals surface area contributed by atoms with Gasteiger partial charge in [-0.3, -0.25) is 14.2 Å². The van der Waals surface area contributed by atoms with E-state index in [1.165, 1.54) is 17.0 Å². The summed E-state index contributed by atoms with van der Waals surface area (Å²) in [6, 6.07) is 17.0. The first kappa shape index (κ1) is 21.1. The number of primary amides is 1. The smallest absolute Gasteiger partial charge is 0.259 e. The number of nitrogens with two attached hydrogens (primary N) is 1. The lowest BCUT2D eigenvalue weighted by molar-refractivity contribution is 0.100. The average molecular weight is 455 g/mol. The third-order valence-corrected chi connectivity index (χ3v) is 5.49. The molecule has 0 fully saturated rings. The van der Waals surface area contributed by atoms with Crippen LogP contribution in [0.5, 0.6) is 0 Å². The number of anilines is 1. The molecule has 10 heteroatoms. The Morgan fingerprint density at radius 3 is 2.71 bits per heavy atom. The van der Waals surface area contributed by atoms with Crippen molar-refractivity contribution in [1.82, 2.24) is 24.3 Å². The van der Waals surface area contributed by atoms with Crippen LogP contribution >= 0.6 is 0 Å². The van der Waals surface area contributed by atoms with E-state index in [9.17, 15) is 9.59 Å². The highest BCUT2D eigenvalue weighted by Crippen LogP contribution is 2.22. The summed E-state index contributed by atoms with van der Waals surface area (Å²) < 4.78 is 7.87. The van der Waals surface area contributed by atoms with Gasteiger partial charge >= 0.3 is 0 Å². The van der Waals surface area contributed by atoms with Crippen molar-refractivity contribution in [2.45, 2.75) is 13.0 Å². The van der Waals surface area contributed by atoms with Crippen LogP contribution in [0.1, 0.15) is 27.2 Å². The minimum Gasteiger partial charge on any atom is -0.365 e. The van der Waals surface area contributed by atoms with E-state index in [1.54, 1.807) is 28.9 Å². The van der Waals surface area contributed by atoms with Gasteiger partial charge in [-0.25, -0.2) is 4.98 Å². The van der Waals surface area contributed by atoms with Crippen LogP contribution in [-0.4, -0.2) is 37.3 Å². The van der Waals surface area contributed by atoms with Crippen LogP contribution in [0, 0.1) is 0 Å². The predicted octanol–water partition coefficient (Wildman–Crippen LogP) is 2.19. The molecule has 0 aliphatic heterocycles. The number of fused-ring (bicyclic) bond motifs is 1. The Hall–Kier alpha value is -4.73. The van der Waals surface area contributed by atoms with Crippen molar-refractivity contribution in [3.05, 3.63) is 106 Å². The Labute approximate surface area is 193 Å². The van der Waals surface area contributed by atoms with E-state index >= 15 is 0 Å². The van der Waals surface area contributed by atoms with Crippen LogP contribution in [0.2, 0.25) is 0 Å². The van der Waals surface area contributed by atoms with Gasteiger partial charge in [-0.2, -0.15) is 9.61 Å². The summed E-state index contributed by atoms with van der Waals surface area (Å²) in [5.74, 6) is 0.485. The molecular formula is C24H21N7O3. The second-order valence-corrected chi connectivity index (χ2v) is 7.85. The van der Waals surface area contributed by atoms with Gasteiger partial charge in [-0.1, -0.05) is 41.6 Å². The van der Waals surface area contributed by atoms with E-state index in [4.69, 9.17) is 10.3 Å². The number of pyridine rings is 1. The number of aromatic nitrogens is 5. The molecule has 170 valence electrons. The first-order valence-electron chi connectivity index (χ1n) is 10.5. The maximum Gasteiger partial charge on any atom is 0.259 e. The molecule has 1 amide bonds. The van der Waals surface area contributed by atoms with Crippen LogP contribution in [-0.2, 0) is 13.0 Å². The van der Waals surface area contributed by atoms with Crippen LogP contribution in [0.3, 0.4) is 0 Å². The van der Waals surface area contributed by atoms with Gasteiger partial charge in [-0.05, 0) is 11.6 Å². The summed E-state index contributed by atoms with van der Waals surface area (Å²) in [5, 5.41) is 8.18. The number of carbonyl (C=O) groups is 1. The van der Waals surface area contributed by atoms with Crippen molar-refractivity contribution in [3.63, 3.8) is 0 Å². The fraction of sp³-hybridized carbons (Fsp3) is 0.125. The number of hydrogen-bond donors (Lipinski definition) is 1. The predicted molar refractivity (Wildman–Crippen MR) is 125 cm³/mol. The highest BCUT2D eigenvalue weighted by molar-refractivity contribution is 5.98. The summed E-state index contributed by atoms with van der Waals surface area (Å²) in [7, 11) is 1.93. The Balaban J connectivity index is 1.58. The zero-order valence-corrected chi connectivity index (χ0v) is 18.3. The van der Waals surface area contributed by atoms with Gasteiger partial charge in [0.2, 0.25) is 0 Å². The van der Waals surface area contributed by atoms with E-state index in [-0.39, 0.29) is 17.5 Å². The van der Waals surface area contributed by atoms with Crippen LogP contribution in [0.25, 0.3) is 11.5 Å². The number of benzene rings is 1. The van der Waals surface area contributed by atoms with Crippen molar-refractivity contribution < 1.29 is 9.32 Å². The maximum absolute atomic E-state index is 13.1. The summed E-state index contributed by atoms with van der Waals surface area (Å²) in [6.45, 7) is 0.607. The summed E-state index contributed by atoms with van der Waals surface area (Å²) in [6.07, 6.45) is 4.68. The van der Waals surface area contributed by atoms with Crippen LogP contribution in [0.15, 0.2) is 82.6 Å². The molecule has 4 aromatic heterocycles. The van der Waals surface area contributed by atoms with Gasteiger partial charge in [0.05, 0.1) is 11.9 Å². The molecule has 0 spiro atoms. The zero-order chi connectivity index (χ0) is 23.7. The molecule has 4 heterocycles. The van der Waals surface area contributed by atoms with E-state index < -0.39 is 5.91 Å². The van der Waals surface area contributed by atoms with Crippen molar-refractivity contribution in [2.24, 2.45) is 5.73 Å². The Morgan fingerprint density at radius 2 is 1.97 bits per heavy atom. The van der Waals surface area contributed by atoms with Crippen molar-refractivity contribution in [3.8, 4) is 5.82 Å². The molecule has 1 aromatic carbocycles. The molecule has 10 nitrogen and oxygen atoms in total. The lowest BCUT2D eigenvalue weighted by atomic mass is 10.1. The molecule has 0 aliphatic rings. The molecule has 5 rings (SSSR count). The third-order valence-electron chi connectivity index (χ3n) is 5.49. The molecule has 0 saturated carbocycles. The lowest BCUT2D eigenvalue weighted by Gasteiger charge is -2.21. The van der Waals surface area contributed by atoms with Gasteiger partial charge in [-0.15, -0.1) is 0 Å². The van der Waals surface area contributed by atoms with E-state index in [2.05, 4.69) is 15.2 Å². The SMILES string of the molecule is CN(Cc1ccccc1)c1cc(Cc2cccn(-c3ccon3)c2=O)nc2c(C(N)=O)cnn12. The summed E-state index contributed by atoms with van der Waals surface area (Å²) in [5.41, 5.74) is 8.10. The van der Waals surface area contributed by atoms with Crippen molar-refractivity contribution in [1.29, 1.82) is 0 Å². The van der Waals surface area contributed by atoms with Crippen LogP contribution < -0.4 is 16.2 Å². The molecule has 0 unspecified atom stereocenters. The quantitative estimate of drug-likeness (QED) is 0.399. The number of rotatable bonds is 7. The lowest BCUT2D eigenvalue weighted by Crippen LogP contribution is -2.23. The molecule has 0 atom stereocenters. The molecule has 0 bridgehead atoms. The first-order chi connectivity index (χ1) is 16.5.